The predicted octanol–water partition coefficient (Wildman–Crippen LogP) is 3.13. The number of aromatic nitrogens is 1. The van der Waals surface area contributed by atoms with Gasteiger partial charge in [-0.15, -0.1) is 0 Å². The first kappa shape index (κ1) is 24.5. The Kier molecular flexibility index (Phi) is 7.44. The van der Waals surface area contributed by atoms with Crippen molar-refractivity contribution in [2.24, 2.45) is 5.92 Å². The zero-order chi connectivity index (χ0) is 24.3. The van der Waals surface area contributed by atoms with E-state index in [2.05, 4.69) is 10.5 Å². The first-order chi connectivity index (χ1) is 16.3. The van der Waals surface area contributed by atoms with Gasteiger partial charge in [0.15, 0.2) is 10.7 Å². The van der Waals surface area contributed by atoms with E-state index in [0.29, 0.717) is 19.4 Å². The second-order valence-corrected chi connectivity index (χ2v) is 10.4. The number of nitrogens with one attached hydrogen (secondary N) is 1. The van der Waals surface area contributed by atoms with Crippen molar-refractivity contribution in [3.63, 3.8) is 0 Å². The maximum absolute atomic E-state index is 13.9. The summed E-state index contributed by atoms with van der Waals surface area (Å²) in [5.41, 5.74) is 0.254. The summed E-state index contributed by atoms with van der Waals surface area (Å²) >= 11 is 0. The average Bonchev–Trinajstić information content (AvgIpc) is 3.47. The monoisotopic (exact) mass is 495 g/mol. The minimum Gasteiger partial charge on any atom is -0.376 e. The maximum Gasteiger partial charge on any atom is 0.248 e. The number of benzene rings is 1. The Hall–Kier alpha value is -2.63. The van der Waals surface area contributed by atoms with Gasteiger partial charge in [0.25, 0.3) is 0 Å². The predicted molar refractivity (Wildman–Crippen MR) is 120 cm³/mol. The average molecular weight is 496 g/mol. The van der Waals surface area contributed by atoms with Crippen molar-refractivity contribution in [3.8, 4) is 0 Å². The number of nitrogens with zero attached hydrogens (tertiary/aromatic N) is 2. The minimum atomic E-state index is -3.96. The van der Waals surface area contributed by atoms with Crippen LogP contribution in [0.25, 0.3) is 12.2 Å². The SMILES string of the molecule is Cc1noc(/C=C/c2ccc(F)cc2F)c1S(=O)(=O)N1CCC(C(=O)NC[C@@H]2CCCO2)CC1. The second-order valence-electron chi connectivity index (χ2n) is 8.52. The Labute approximate surface area is 197 Å². The Balaban J connectivity index is 1.42. The number of carbonyl (C=O) groups is 1. The first-order valence-electron chi connectivity index (χ1n) is 11.2. The molecule has 0 radical (unpaired) electrons. The van der Waals surface area contributed by atoms with Crippen LogP contribution in [0, 0.1) is 24.5 Å². The molecule has 2 aromatic rings. The number of sulfonamides is 1. The van der Waals surface area contributed by atoms with Crippen molar-refractivity contribution in [1.29, 1.82) is 0 Å². The molecule has 184 valence electrons. The third-order valence-electron chi connectivity index (χ3n) is 6.16. The topological polar surface area (TPSA) is 102 Å². The molecule has 1 atom stereocenters. The molecule has 1 aromatic carbocycles. The highest BCUT2D eigenvalue weighted by molar-refractivity contribution is 7.89. The van der Waals surface area contributed by atoms with E-state index in [1.54, 1.807) is 0 Å². The van der Waals surface area contributed by atoms with Gasteiger partial charge in [-0.2, -0.15) is 4.31 Å². The van der Waals surface area contributed by atoms with E-state index in [9.17, 15) is 22.0 Å². The highest BCUT2D eigenvalue weighted by Gasteiger charge is 2.36. The molecule has 0 spiro atoms. The van der Waals surface area contributed by atoms with Crippen LogP contribution in [-0.4, -0.2) is 56.1 Å². The molecule has 0 saturated carbocycles. The molecule has 34 heavy (non-hydrogen) atoms. The van der Waals surface area contributed by atoms with Crippen LogP contribution < -0.4 is 5.32 Å². The minimum absolute atomic E-state index is 0.0438. The molecular formula is C23H27F2N3O5S. The van der Waals surface area contributed by atoms with E-state index in [0.717, 1.165) is 31.6 Å². The number of hydrogen-bond acceptors (Lipinski definition) is 6. The smallest absolute Gasteiger partial charge is 0.248 e. The number of amides is 1. The molecule has 2 fully saturated rings. The van der Waals surface area contributed by atoms with Crippen molar-refractivity contribution in [3.05, 3.63) is 46.9 Å². The molecule has 11 heteroatoms. The van der Waals surface area contributed by atoms with Crippen LogP contribution in [0.2, 0.25) is 0 Å². The van der Waals surface area contributed by atoms with E-state index in [1.165, 1.54) is 29.4 Å². The van der Waals surface area contributed by atoms with E-state index in [-0.39, 0.29) is 52.9 Å². The van der Waals surface area contributed by atoms with Gasteiger partial charge < -0.3 is 14.6 Å². The molecule has 4 rings (SSSR count). The number of ether oxygens (including phenoxy) is 1. The normalized spacial score (nSPS) is 20.3. The van der Waals surface area contributed by atoms with Crippen LogP contribution in [0.15, 0.2) is 27.6 Å². The van der Waals surface area contributed by atoms with Crippen molar-refractivity contribution in [2.75, 3.05) is 26.2 Å². The lowest BCUT2D eigenvalue weighted by atomic mass is 9.97. The van der Waals surface area contributed by atoms with Crippen molar-refractivity contribution >= 4 is 28.1 Å². The Bertz CT molecular complexity index is 1170. The van der Waals surface area contributed by atoms with Crippen LogP contribution in [0.1, 0.15) is 42.7 Å². The summed E-state index contributed by atoms with van der Waals surface area (Å²) in [6.07, 6.45) is 5.37. The summed E-state index contributed by atoms with van der Waals surface area (Å²) in [7, 11) is -3.96. The van der Waals surface area contributed by atoms with Crippen LogP contribution >= 0.6 is 0 Å². The highest BCUT2D eigenvalue weighted by atomic mass is 32.2. The summed E-state index contributed by atoms with van der Waals surface area (Å²) in [5.74, 6) is -1.89. The van der Waals surface area contributed by atoms with E-state index in [4.69, 9.17) is 9.26 Å². The molecule has 2 aliphatic heterocycles. The fourth-order valence-corrected chi connectivity index (χ4v) is 5.97. The fourth-order valence-electron chi connectivity index (χ4n) is 4.25. The first-order valence-corrected chi connectivity index (χ1v) is 12.7. The maximum atomic E-state index is 13.9. The van der Waals surface area contributed by atoms with Crippen LogP contribution in [-0.2, 0) is 19.6 Å². The fraction of sp³-hybridized carbons (Fsp3) is 0.478. The third kappa shape index (κ3) is 5.37. The summed E-state index contributed by atoms with van der Waals surface area (Å²) in [6, 6.07) is 3.09. The molecule has 1 N–H and O–H groups in total. The van der Waals surface area contributed by atoms with Crippen molar-refractivity contribution in [2.45, 2.75) is 43.6 Å². The molecule has 2 aliphatic rings. The van der Waals surface area contributed by atoms with Crippen molar-refractivity contribution < 1.29 is 31.3 Å². The molecule has 3 heterocycles. The van der Waals surface area contributed by atoms with Gasteiger partial charge in [0, 0.05) is 43.8 Å². The summed E-state index contributed by atoms with van der Waals surface area (Å²) < 4.78 is 65.7. The van der Waals surface area contributed by atoms with E-state index in [1.807, 2.05) is 0 Å². The van der Waals surface area contributed by atoms with E-state index >= 15 is 0 Å². The molecule has 1 amide bonds. The van der Waals surface area contributed by atoms with Gasteiger partial charge in [0.1, 0.15) is 17.3 Å². The molecular weight excluding hydrogens is 468 g/mol. The Morgan fingerprint density at radius 3 is 2.68 bits per heavy atom. The lowest BCUT2D eigenvalue weighted by Gasteiger charge is -2.30. The number of piperidine rings is 1. The number of hydrogen-bond donors (Lipinski definition) is 1. The zero-order valence-electron chi connectivity index (χ0n) is 18.8. The molecule has 0 aliphatic carbocycles. The van der Waals surface area contributed by atoms with Gasteiger partial charge in [-0.25, -0.2) is 17.2 Å². The second kappa shape index (κ2) is 10.3. The lowest BCUT2D eigenvalue weighted by Crippen LogP contribution is -2.44. The van der Waals surface area contributed by atoms with Crippen molar-refractivity contribution in [1.82, 2.24) is 14.8 Å². The summed E-state index contributed by atoms with van der Waals surface area (Å²) in [6.45, 7) is 3.07. The van der Waals surface area contributed by atoms with Crippen LogP contribution in [0.4, 0.5) is 8.78 Å². The van der Waals surface area contributed by atoms with Gasteiger partial charge in [-0.1, -0.05) is 5.16 Å². The quantitative estimate of drug-likeness (QED) is 0.633. The van der Waals surface area contributed by atoms with Gasteiger partial charge in [0.05, 0.1) is 6.10 Å². The van der Waals surface area contributed by atoms with E-state index < -0.39 is 21.7 Å². The molecule has 1 aromatic heterocycles. The standard InChI is InChI=1S/C23H27F2N3O5S/c1-15-22(21(33-27-15)7-5-16-4-6-18(24)13-20(16)25)34(30,31)28-10-8-17(9-11-28)23(29)26-14-19-3-2-12-32-19/h4-7,13,17,19H,2-3,8-12,14H2,1H3,(H,26,29)/b7-5+/t19-/m0/s1. The number of halogens is 2. The van der Waals surface area contributed by atoms with Gasteiger partial charge in [-0.05, 0) is 56.9 Å². The lowest BCUT2D eigenvalue weighted by molar-refractivity contribution is -0.126. The van der Waals surface area contributed by atoms with Crippen LogP contribution in [0.3, 0.4) is 0 Å². The number of rotatable bonds is 7. The Morgan fingerprint density at radius 1 is 1.24 bits per heavy atom. The number of carbonyl (C=O) groups excluding carboxylic acids is 1. The molecule has 8 nitrogen and oxygen atoms in total. The van der Waals surface area contributed by atoms with Gasteiger partial charge >= 0.3 is 0 Å². The molecule has 2 saturated heterocycles. The zero-order valence-corrected chi connectivity index (χ0v) is 19.6. The van der Waals surface area contributed by atoms with Gasteiger partial charge in [0.2, 0.25) is 15.9 Å². The number of aryl methyl sites for hydroxylation is 1. The summed E-state index contributed by atoms with van der Waals surface area (Å²) in [5, 5.41) is 6.68. The molecule has 0 unspecified atom stereocenters. The molecule has 0 bridgehead atoms. The van der Waals surface area contributed by atoms with Gasteiger partial charge in [-0.3, -0.25) is 4.79 Å². The highest BCUT2D eigenvalue weighted by Crippen LogP contribution is 2.29. The Morgan fingerprint density at radius 2 is 2.00 bits per heavy atom. The summed E-state index contributed by atoms with van der Waals surface area (Å²) in [4.78, 5) is 12.4. The third-order valence-corrected chi connectivity index (χ3v) is 8.22. The largest absolute Gasteiger partial charge is 0.376 e. The van der Waals surface area contributed by atoms with Crippen LogP contribution in [0.5, 0.6) is 0 Å².